The Morgan fingerprint density at radius 2 is 1.49 bits per heavy atom. The third-order valence-corrected chi connectivity index (χ3v) is 12.4. The predicted octanol–water partition coefficient (Wildman–Crippen LogP) is 3.48. The van der Waals surface area contributed by atoms with Gasteiger partial charge in [0.25, 0.3) is 17.4 Å². The van der Waals surface area contributed by atoms with E-state index in [4.69, 9.17) is 23.7 Å². The normalized spacial score (nSPS) is 18.8. The van der Waals surface area contributed by atoms with Crippen LogP contribution in [0.2, 0.25) is 0 Å². The zero-order valence-corrected chi connectivity index (χ0v) is 35.8. The van der Waals surface area contributed by atoms with Crippen molar-refractivity contribution < 1.29 is 47.7 Å². The quantitative estimate of drug-likeness (QED) is 0.135. The van der Waals surface area contributed by atoms with Crippen LogP contribution >= 0.6 is 0 Å². The fourth-order valence-electron chi connectivity index (χ4n) is 8.96. The van der Waals surface area contributed by atoms with E-state index in [0.29, 0.717) is 30.8 Å². The van der Waals surface area contributed by atoms with Gasteiger partial charge < -0.3 is 33.2 Å². The summed E-state index contributed by atoms with van der Waals surface area (Å²) in [6.45, 7) is 4.26. The van der Waals surface area contributed by atoms with E-state index >= 15 is 0 Å². The number of pyridine rings is 2. The lowest BCUT2D eigenvalue weighted by atomic mass is 9.98. The highest BCUT2D eigenvalue weighted by molar-refractivity contribution is 6.23. The van der Waals surface area contributed by atoms with Crippen molar-refractivity contribution >= 4 is 40.3 Å². The van der Waals surface area contributed by atoms with Gasteiger partial charge in [0.05, 0.1) is 68.1 Å². The van der Waals surface area contributed by atoms with Crippen molar-refractivity contribution in [1.29, 1.82) is 0 Å². The van der Waals surface area contributed by atoms with Crippen LogP contribution in [0.3, 0.4) is 0 Å². The molecule has 4 aliphatic rings. The molecule has 5 amide bonds. The van der Waals surface area contributed by atoms with Gasteiger partial charge in [0.2, 0.25) is 17.7 Å². The van der Waals surface area contributed by atoms with Crippen molar-refractivity contribution in [1.82, 2.24) is 29.6 Å². The van der Waals surface area contributed by atoms with Gasteiger partial charge in [-0.15, -0.1) is 0 Å². The van der Waals surface area contributed by atoms with Crippen LogP contribution in [0.4, 0.5) is 0 Å². The molecular formula is C46H52N6O11. The highest BCUT2D eigenvalue weighted by Gasteiger charge is 2.44. The molecule has 6 heterocycles. The number of methoxy groups -OCH3 is 2. The second kappa shape index (κ2) is 19.1. The molecule has 63 heavy (non-hydrogen) atoms. The smallest absolute Gasteiger partial charge is 0.262 e. The van der Waals surface area contributed by atoms with Crippen molar-refractivity contribution in [3.8, 4) is 28.4 Å². The summed E-state index contributed by atoms with van der Waals surface area (Å²) >= 11 is 0. The second-order valence-corrected chi connectivity index (χ2v) is 16.3. The minimum absolute atomic E-state index is 0.0314. The van der Waals surface area contributed by atoms with E-state index < -0.39 is 29.7 Å². The van der Waals surface area contributed by atoms with E-state index in [-0.39, 0.29) is 73.9 Å². The van der Waals surface area contributed by atoms with Crippen LogP contribution < -0.4 is 25.1 Å². The highest BCUT2D eigenvalue weighted by Crippen LogP contribution is 2.38. The van der Waals surface area contributed by atoms with E-state index in [1.165, 1.54) is 12.1 Å². The first-order chi connectivity index (χ1) is 30.5. The number of fused-ring (bicyclic) bond motifs is 2. The van der Waals surface area contributed by atoms with E-state index in [2.05, 4.69) is 15.2 Å². The number of ether oxygens (including phenoxy) is 5. The lowest BCUT2D eigenvalue weighted by Gasteiger charge is -2.37. The summed E-state index contributed by atoms with van der Waals surface area (Å²) in [5.74, 6) is -0.440. The topological polar surface area (TPSA) is 188 Å². The van der Waals surface area contributed by atoms with Crippen LogP contribution in [-0.4, -0.2) is 132 Å². The number of likely N-dealkylation sites (tertiary alicyclic amines) is 2. The largest absolute Gasteiger partial charge is 0.496 e. The molecule has 2 aromatic heterocycles. The number of nitrogens with zero attached hydrogens (tertiary/aromatic N) is 5. The molecule has 8 rings (SSSR count). The van der Waals surface area contributed by atoms with Crippen LogP contribution in [-0.2, 0) is 37.4 Å². The molecular weight excluding hydrogens is 813 g/mol. The van der Waals surface area contributed by atoms with Gasteiger partial charge in [-0.05, 0) is 79.5 Å². The van der Waals surface area contributed by atoms with Crippen molar-refractivity contribution in [2.75, 3.05) is 60.2 Å². The number of rotatable bonds is 15. The van der Waals surface area contributed by atoms with Crippen LogP contribution in [0.5, 0.6) is 17.2 Å². The first-order valence-electron chi connectivity index (χ1n) is 21.4. The maximum Gasteiger partial charge on any atom is 0.262 e. The molecule has 3 saturated heterocycles. The van der Waals surface area contributed by atoms with E-state index in [9.17, 15) is 28.8 Å². The summed E-state index contributed by atoms with van der Waals surface area (Å²) < 4.78 is 31.4. The zero-order chi connectivity index (χ0) is 44.2. The fraction of sp³-hybridized carbons (Fsp3) is 0.457. The maximum absolute atomic E-state index is 13.1. The molecule has 0 saturated carbocycles. The molecule has 1 unspecified atom stereocenters. The Kier molecular flexibility index (Phi) is 13.2. The Labute approximate surface area is 364 Å². The summed E-state index contributed by atoms with van der Waals surface area (Å²) in [6.07, 6.45) is 9.11. The SMILES string of the molecule is COc1cc(-c2cn(C)c(=O)c3cnccc23)cc(OC)c1CN1CCC(OC2CCN(C(=O)CCOCCOc3ccc4c(c3)C(=O)N(C3CCC(=O)NC3=O)C4=O)CC2)CC1. The molecule has 3 fully saturated rings. The van der Waals surface area contributed by atoms with Crippen molar-refractivity contribution in [3.05, 3.63) is 82.0 Å². The van der Waals surface area contributed by atoms with Gasteiger partial charge in [-0.1, -0.05) is 0 Å². The summed E-state index contributed by atoms with van der Waals surface area (Å²) in [5, 5.41) is 3.55. The Morgan fingerprint density at radius 3 is 2.19 bits per heavy atom. The van der Waals surface area contributed by atoms with E-state index in [1.54, 1.807) is 44.3 Å². The fourth-order valence-corrected chi connectivity index (χ4v) is 8.96. The number of hydrogen-bond acceptors (Lipinski definition) is 13. The number of nitrogens with one attached hydrogen (secondary N) is 1. The van der Waals surface area contributed by atoms with Gasteiger partial charge in [-0.25, -0.2) is 0 Å². The van der Waals surface area contributed by atoms with E-state index in [1.807, 2.05) is 29.3 Å². The predicted molar refractivity (Wildman–Crippen MR) is 229 cm³/mol. The maximum atomic E-state index is 13.1. The number of hydrogen-bond donors (Lipinski definition) is 1. The van der Waals surface area contributed by atoms with Gasteiger partial charge >= 0.3 is 0 Å². The summed E-state index contributed by atoms with van der Waals surface area (Å²) in [7, 11) is 5.06. The zero-order valence-electron chi connectivity index (χ0n) is 35.8. The number of benzene rings is 2. The third-order valence-electron chi connectivity index (χ3n) is 12.4. The number of aromatic nitrogens is 2. The van der Waals surface area contributed by atoms with Crippen molar-refractivity contribution in [2.24, 2.45) is 7.05 Å². The third kappa shape index (κ3) is 9.31. The van der Waals surface area contributed by atoms with Gasteiger partial charge in [-0.2, -0.15) is 0 Å². The molecule has 17 heteroatoms. The standard InChI is InChI=1S/C46H52N6O11/c1-49-26-36(32-8-14-47-25-35(32)44(49)56)28-22-39(59-2)37(40(23-28)60-3)27-50-15-9-29(10-16-50)63-30-11-17-51(18-12-30)42(54)13-19-61-20-21-62-31-4-5-33-34(24-31)46(58)52(45(33)57)38-6-7-41(53)48-43(38)55/h4-5,8,14,22-26,29-30,38H,6-7,9-13,15-21,27H2,1-3H3,(H,48,53,55). The lowest BCUT2D eigenvalue weighted by molar-refractivity contribution is -0.137. The molecule has 332 valence electrons. The average Bonchev–Trinajstić information content (AvgIpc) is 3.54. The van der Waals surface area contributed by atoms with Gasteiger partial charge in [0.1, 0.15) is 29.9 Å². The van der Waals surface area contributed by atoms with Crippen LogP contribution in [0.1, 0.15) is 71.2 Å². The lowest BCUT2D eigenvalue weighted by Crippen LogP contribution is -2.54. The number of carbonyl (C=O) groups is 5. The summed E-state index contributed by atoms with van der Waals surface area (Å²) in [6, 6.07) is 9.37. The molecule has 0 spiro atoms. The van der Waals surface area contributed by atoms with Gasteiger partial charge in [-0.3, -0.25) is 48.9 Å². The minimum atomic E-state index is -1.03. The van der Waals surface area contributed by atoms with Gasteiger partial charge in [0, 0.05) is 70.3 Å². The number of aryl methyl sites for hydroxylation is 1. The summed E-state index contributed by atoms with van der Waals surface area (Å²) in [5.41, 5.74) is 2.94. The molecule has 1 N–H and O–H groups in total. The monoisotopic (exact) mass is 864 g/mol. The average molecular weight is 865 g/mol. The first-order valence-corrected chi connectivity index (χ1v) is 21.4. The molecule has 0 bridgehead atoms. The Morgan fingerprint density at radius 1 is 0.794 bits per heavy atom. The molecule has 0 radical (unpaired) electrons. The number of carbonyl (C=O) groups excluding carboxylic acids is 5. The Balaban J connectivity index is 0.736. The molecule has 0 aliphatic carbocycles. The van der Waals surface area contributed by atoms with E-state index in [0.717, 1.165) is 77.2 Å². The highest BCUT2D eigenvalue weighted by atomic mass is 16.5. The van der Waals surface area contributed by atoms with Crippen LogP contribution in [0.15, 0.2) is 59.8 Å². The van der Waals surface area contributed by atoms with Gasteiger partial charge in [0.15, 0.2) is 0 Å². The first kappa shape index (κ1) is 43.5. The Bertz CT molecular complexity index is 2450. The molecule has 4 aromatic rings. The van der Waals surface area contributed by atoms with Crippen LogP contribution in [0, 0.1) is 0 Å². The van der Waals surface area contributed by atoms with Crippen LogP contribution in [0.25, 0.3) is 21.9 Å². The molecule has 17 nitrogen and oxygen atoms in total. The number of piperidine rings is 3. The van der Waals surface area contributed by atoms with Crippen molar-refractivity contribution in [3.63, 3.8) is 0 Å². The summed E-state index contributed by atoms with van der Waals surface area (Å²) in [4.78, 5) is 84.9. The number of imide groups is 2. The molecule has 4 aliphatic heterocycles. The number of amides is 5. The second-order valence-electron chi connectivity index (χ2n) is 16.3. The molecule has 1 atom stereocenters. The van der Waals surface area contributed by atoms with Crippen molar-refractivity contribution in [2.45, 2.75) is 69.7 Å². The Hall–Kier alpha value is -6.17. The molecule has 2 aromatic carbocycles. The minimum Gasteiger partial charge on any atom is -0.496 e.